The molecule has 4 heteroatoms. The molecule has 1 heterocycles. The molecule has 14 heavy (non-hydrogen) atoms. The van der Waals surface area contributed by atoms with Crippen LogP contribution < -0.4 is 5.32 Å². The molecule has 0 radical (unpaired) electrons. The summed E-state index contributed by atoms with van der Waals surface area (Å²) in [5.41, 5.74) is -0.122. The molecule has 0 unspecified atom stereocenters. The number of aryl methyl sites for hydroxylation is 1. The first-order valence-electron chi connectivity index (χ1n) is 4.23. The minimum absolute atomic E-state index is 0.207. The van der Waals surface area contributed by atoms with E-state index in [1.165, 1.54) is 6.20 Å². The van der Waals surface area contributed by atoms with Crippen LogP contribution in [0.25, 0.3) is 0 Å². The maximum atomic E-state index is 11.6. The van der Waals surface area contributed by atoms with Crippen LogP contribution in [-0.4, -0.2) is 21.2 Å². The van der Waals surface area contributed by atoms with Gasteiger partial charge >= 0.3 is 0 Å². The lowest BCUT2D eigenvalue weighted by Crippen LogP contribution is -2.41. The van der Waals surface area contributed by atoms with E-state index in [1.54, 1.807) is 31.8 Å². The number of hydrogen-bond donors (Lipinski definition) is 1. The zero-order valence-corrected chi connectivity index (χ0v) is 8.53. The quantitative estimate of drug-likeness (QED) is 0.694. The Bertz CT molecular complexity index is 384. The first kappa shape index (κ1) is 10.3. The Morgan fingerprint density at radius 1 is 1.71 bits per heavy atom. The monoisotopic (exact) mass is 191 g/mol. The van der Waals surface area contributed by atoms with Crippen LogP contribution in [0.1, 0.15) is 24.2 Å². The molecule has 1 rings (SSSR count). The van der Waals surface area contributed by atoms with Crippen molar-refractivity contribution < 1.29 is 4.79 Å². The molecule has 4 nitrogen and oxygen atoms in total. The number of nitrogens with one attached hydrogen (secondary N) is 1. The minimum atomic E-state index is -0.632. The van der Waals surface area contributed by atoms with Crippen LogP contribution in [0.2, 0.25) is 0 Å². The molecule has 0 bridgehead atoms. The molecule has 0 aliphatic rings. The molecule has 0 fully saturated rings. The third kappa shape index (κ3) is 2.36. The molecule has 74 valence electrons. The highest BCUT2D eigenvalue weighted by Gasteiger charge is 2.18. The molecule has 0 aromatic carbocycles. The molecular weight excluding hydrogens is 178 g/mol. The fraction of sp³-hybridized carbons (Fsp3) is 0.400. The van der Waals surface area contributed by atoms with E-state index < -0.39 is 5.54 Å². The number of hydrogen-bond acceptors (Lipinski definition) is 2. The lowest BCUT2D eigenvalue weighted by Gasteiger charge is -2.18. The van der Waals surface area contributed by atoms with Gasteiger partial charge in [0.25, 0.3) is 5.91 Å². The summed E-state index contributed by atoms with van der Waals surface area (Å²) < 4.78 is 1.57. The van der Waals surface area contributed by atoms with Crippen LogP contribution in [0.4, 0.5) is 0 Å². The Morgan fingerprint density at radius 3 is 2.79 bits per heavy atom. The number of carbonyl (C=O) groups excluding carboxylic acids is 1. The molecular formula is C10H13N3O. The summed E-state index contributed by atoms with van der Waals surface area (Å²) in [6.45, 7) is 3.53. The molecule has 0 spiro atoms. The van der Waals surface area contributed by atoms with Gasteiger partial charge in [-0.15, -0.1) is 6.42 Å². The van der Waals surface area contributed by atoms with Crippen LogP contribution in [0.15, 0.2) is 12.4 Å². The normalized spacial score (nSPS) is 10.7. The SMILES string of the molecule is C#CC(C)(C)NC(=O)c1cnn(C)c1. The number of nitrogens with zero attached hydrogens (tertiary/aromatic N) is 2. The predicted octanol–water partition coefficient (Wildman–Crippen LogP) is 0.562. The van der Waals surface area contributed by atoms with E-state index >= 15 is 0 Å². The highest BCUT2D eigenvalue weighted by atomic mass is 16.1. The average Bonchev–Trinajstić information content (AvgIpc) is 2.51. The third-order valence-electron chi connectivity index (χ3n) is 1.75. The van der Waals surface area contributed by atoms with Gasteiger partial charge in [0.05, 0.1) is 17.3 Å². The van der Waals surface area contributed by atoms with Gasteiger partial charge in [-0.25, -0.2) is 0 Å². The summed E-state index contributed by atoms with van der Waals surface area (Å²) in [4.78, 5) is 11.6. The lowest BCUT2D eigenvalue weighted by atomic mass is 10.1. The first-order chi connectivity index (χ1) is 6.44. The molecule has 1 aromatic heterocycles. The third-order valence-corrected chi connectivity index (χ3v) is 1.75. The Morgan fingerprint density at radius 2 is 2.36 bits per heavy atom. The first-order valence-corrected chi connectivity index (χ1v) is 4.23. The number of rotatable bonds is 2. The Labute approximate surface area is 83.3 Å². The van der Waals surface area contributed by atoms with Crippen LogP contribution in [0.3, 0.4) is 0 Å². The van der Waals surface area contributed by atoms with Crippen molar-refractivity contribution in [3.63, 3.8) is 0 Å². The summed E-state index contributed by atoms with van der Waals surface area (Å²) in [7, 11) is 1.75. The van der Waals surface area contributed by atoms with Crippen LogP contribution in [0.5, 0.6) is 0 Å². The van der Waals surface area contributed by atoms with Gasteiger partial charge < -0.3 is 5.32 Å². The summed E-state index contributed by atoms with van der Waals surface area (Å²) >= 11 is 0. The topological polar surface area (TPSA) is 46.9 Å². The zero-order valence-electron chi connectivity index (χ0n) is 8.53. The van der Waals surface area contributed by atoms with Crippen molar-refractivity contribution in [1.82, 2.24) is 15.1 Å². The fourth-order valence-corrected chi connectivity index (χ4v) is 0.931. The maximum absolute atomic E-state index is 11.6. The Kier molecular flexibility index (Phi) is 2.61. The van der Waals surface area contributed by atoms with Crippen LogP contribution in [-0.2, 0) is 7.05 Å². The predicted molar refractivity (Wildman–Crippen MR) is 53.6 cm³/mol. The van der Waals surface area contributed by atoms with Gasteiger partial charge in [0.1, 0.15) is 0 Å². The molecule has 1 N–H and O–H groups in total. The van der Waals surface area contributed by atoms with Gasteiger partial charge in [-0.3, -0.25) is 9.48 Å². The Balaban J connectivity index is 2.74. The highest BCUT2D eigenvalue weighted by molar-refractivity contribution is 5.94. The van der Waals surface area contributed by atoms with Crippen molar-refractivity contribution in [2.45, 2.75) is 19.4 Å². The van der Waals surface area contributed by atoms with Crippen molar-refractivity contribution in [2.24, 2.45) is 7.05 Å². The summed E-state index contributed by atoms with van der Waals surface area (Å²) in [6.07, 6.45) is 8.40. The molecule has 0 atom stereocenters. The van der Waals surface area contributed by atoms with Gasteiger partial charge in [-0.2, -0.15) is 5.10 Å². The van der Waals surface area contributed by atoms with Crippen LogP contribution in [0, 0.1) is 12.3 Å². The number of terminal acetylenes is 1. The van der Waals surface area contributed by atoms with Gasteiger partial charge in [-0.1, -0.05) is 5.92 Å². The molecule has 0 aliphatic carbocycles. The van der Waals surface area contributed by atoms with Crippen LogP contribution >= 0.6 is 0 Å². The van der Waals surface area contributed by atoms with E-state index in [9.17, 15) is 4.79 Å². The number of amides is 1. The molecule has 1 amide bonds. The second-order valence-electron chi connectivity index (χ2n) is 3.63. The van der Waals surface area contributed by atoms with E-state index in [2.05, 4.69) is 16.3 Å². The smallest absolute Gasteiger partial charge is 0.255 e. The van der Waals surface area contributed by atoms with Crippen molar-refractivity contribution in [2.75, 3.05) is 0 Å². The van der Waals surface area contributed by atoms with Crippen molar-refractivity contribution in [3.8, 4) is 12.3 Å². The van der Waals surface area contributed by atoms with E-state index in [0.29, 0.717) is 5.56 Å². The van der Waals surface area contributed by atoms with Gasteiger partial charge in [0.2, 0.25) is 0 Å². The van der Waals surface area contributed by atoms with Crippen molar-refractivity contribution >= 4 is 5.91 Å². The van der Waals surface area contributed by atoms with E-state index in [1.807, 2.05) is 0 Å². The molecule has 0 aliphatic heterocycles. The lowest BCUT2D eigenvalue weighted by molar-refractivity contribution is 0.0930. The molecule has 0 saturated carbocycles. The highest BCUT2D eigenvalue weighted by Crippen LogP contribution is 2.03. The molecule has 1 aromatic rings. The van der Waals surface area contributed by atoms with Gasteiger partial charge in [0.15, 0.2) is 0 Å². The summed E-state index contributed by atoms with van der Waals surface area (Å²) in [5.74, 6) is 2.28. The molecule has 0 saturated heterocycles. The van der Waals surface area contributed by atoms with E-state index in [4.69, 9.17) is 6.42 Å². The van der Waals surface area contributed by atoms with E-state index in [0.717, 1.165) is 0 Å². The van der Waals surface area contributed by atoms with Crippen molar-refractivity contribution in [1.29, 1.82) is 0 Å². The largest absolute Gasteiger partial charge is 0.336 e. The average molecular weight is 191 g/mol. The zero-order chi connectivity index (χ0) is 10.8. The standard InChI is InChI=1S/C10H13N3O/c1-5-10(2,3)12-9(14)8-6-11-13(4)7-8/h1,6-7H,2-4H3,(H,12,14). The summed E-state index contributed by atoms with van der Waals surface area (Å²) in [6, 6.07) is 0. The minimum Gasteiger partial charge on any atom is -0.336 e. The fourth-order valence-electron chi connectivity index (χ4n) is 0.931. The second-order valence-corrected chi connectivity index (χ2v) is 3.63. The Hall–Kier alpha value is -1.76. The summed E-state index contributed by atoms with van der Waals surface area (Å²) in [5, 5.41) is 6.60. The number of carbonyl (C=O) groups is 1. The number of aromatic nitrogens is 2. The van der Waals surface area contributed by atoms with Gasteiger partial charge in [-0.05, 0) is 13.8 Å². The van der Waals surface area contributed by atoms with Gasteiger partial charge in [0, 0.05) is 13.2 Å². The maximum Gasteiger partial charge on any atom is 0.255 e. The van der Waals surface area contributed by atoms with E-state index in [-0.39, 0.29) is 5.91 Å². The second kappa shape index (κ2) is 3.54. The van der Waals surface area contributed by atoms with Crippen molar-refractivity contribution in [3.05, 3.63) is 18.0 Å².